The van der Waals surface area contributed by atoms with E-state index in [2.05, 4.69) is 18.8 Å². The highest BCUT2D eigenvalue weighted by Gasteiger charge is 2.49. The first-order valence-corrected chi connectivity index (χ1v) is 9.73. The normalized spacial score (nSPS) is 20.3. The molecule has 30 heavy (non-hydrogen) atoms. The number of alkyl halides is 3. The van der Waals surface area contributed by atoms with Gasteiger partial charge in [-0.05, 0) is 30.0 Å². The molecular weight excluding hydrogens is 405 g/mol. The molecule has 1 unspecified atom stereocenters. The van der Waals surface area contributed by atoms with Gasteiger partial charge in [0.1, 0.15) is 5.60 Å². The number of aliphatic carboxylic acids is 1. The van der Waals surface area contributed by atoms with Crippen LogP contribution in [0.3, 0.4) is 0 Å². The zero-order chi connectivity index (χ0) is 22.4. The van der Waals surface area contributed by atoms with Crippen LogP contribution in [0.5, 0.6) is 0 Å². The van der Waals surface area contributed by atoms with Crippen molar-refractivity contribution in [2.45, 2.75) is 57.6 Å². The first-order chi connectivity index (χ1) is 14.0. The van der Waals surface area contributed by atoms with E-state index in [9.17, 15) is 18.0 Å². The number of nitrogens with zero attached hydrogens (tertiary/aromatic N) is 2. The van der Waals surface area contributed by atoms with Crippen LogP contribution in [0, 0.1) is 5.92 Å². The highest BCUT2D eigenvalue weighted by Crippen LogP contribution is 2.36. The Labute approximate surface area is 173 Å². The average Bonchev–Trinajstić information content (AvgIpc) is 2.64. The molecule has 168 valence electrons. The molecule has 1 amide bonds. The van der Waals surface area contributed by atoms with Crippen LogP contribution in [0.15, 0.2) is 24.5 Å². The van der Waals surface area contributed by atoms with Gasteiger partial charge in [0.2, 0.25) is 5.91 Å². The molecule has 1 N–H and O–H groups in total. The number of carbonyl (C=O) groups excluding carboxylic acids is 1. The number of carboxylic acids is 1. The van der Waals surface area contributed by atoms with E-state index in [1.807, 2.05) is 17.0 Å². The van der Waals surface area contributed by atoms with E-state index >= 15 is 0 Å². The van der Waals surface area contributed by atoms with Gasteiger partial charge in [-0.3, -0.25) is 9.78 Å². The summed E-state index contributed by atoms with van der Waals surface area (Å²) >= 11 is 0. The van der Waals surface area contributed by atoms with E-state index in [1.165, 1.54) is 0 Å². The minimum absolute atomic E-state index is 0.173. The second-order valence-electron chi connectivity index (χ2n) is 7.96. The van der Waals surface area contributed by atoms with Crippen LogP contribution in [0.4, 0.5) is 13.2 Å². The van der Waals surface area contributed by atoms with Crippen LogP contribution in [0.2, 0.25) is 0 Å². The summed E-state index contributed by atoms with van der Waals surface area (Å²) in [6.07, 6.45) is 1.12. The molecule has 3 heterocycles. The molecule has 2 fully saturated rings. The van der Waals surface area contributed by atoms with Gasteiger partial charge in [-0.25, -0.2) is 4.79 Å². The molecule has 0 bridgehead atoms. The number of ether oxygens (including phenoxy) is 2. The van der Waals surface area contributed by atoms with Crippen molar-refractivity contribution in [3.05, 3.63) is 30.1 Å². The minimum atomic E-state index is -5.08. The van der Waals surface area contributed by atoms with Crippen molar-refractivity contribution in [1.82, 2.24) is 9.88 Å². The number of halogens is 3. The number of amides is 1. The molecular formula is C20H27F3N2O5. The largest absolute Gasteiger partial charge is 0.490 e. The van der Waals surface area contributed by atoms with Crippen molar-refractivity contribution < 1.29 is 37.3 Å². The summed E-state index contributed by atoms with van der Waals surface area (Å²) < 4.78 is 43.8. The molecule has 10 heteroatoms. The maximum absolute atomic E-state index is 12.1. The molecule has 0 radical (unpaired) electrons. The van der Waals surface area contributed by atoms with Gasteiger partial charge >= 0.3 is 12.1 Å². The third kappa shape index (κ3) is 7.24. The first kappa shape index (κ1) is 24.1. The molecule has 1 atom stereocenters. The number of aromatic nitrogens is 1. The predicted octanol–water partition coefficient (Wildman–Crippen LogP) is 3.04. The van der Waals surface area contributed by atoms with E-state index in [1.54, 1.807) is 12.4 Å². The SMILES string of the molecule is CC(C)CC(=O)N1CC2(CC(OCc3ccncc3)CCO2)C1.O=C(O)C(F)(F)F. The highest BCUT2D eigenvalue weighted by molar-refractivity contribution is 5.77. The van der Waals surface area contributed by atoms with Crippen molar-refractivity contribution in [3.63, 3.8) is 0 Å². The highest BCUT2D eigenvalue weighted by atomic mass is 19.4. The van der Waals surface area contributed by atoms with E-state index in [0.29, 0.717) is 38.6 Å². The summed E-state index contributed by atoms with van der Waals surface area (Å²) in [4.78, 5) is 26.9. The van der Waals surface area contributed by atoms with Gasteiger partial charge in [0.15, 0.2) is 0 Å². The molecule has 1 spiro atoms. The summed E-state index contributed by atoms with van der Waals surface area (Å²) in [5.41, 5.74) is 0.969. The smallest absolute Gasteiger partial charge is 0.475 e. The topological polar surface area (TPSA) is 89.0 Å². The van der Waals surface area contributed by atoms with Crippen molar-refractivity contribution in [3.8, 4) is 0 Å². The Kier molecular flexibility index (Phi) is 8.19. The molecule has 1 aromatic rings. The fourth-order valence-corrected chi connectivity index (χ4v) is 3.34. The van der Waals surface area contributed by atoms with Gasteiger partial charge in [-0.15, -0.1) is 0 Å². The summed E-state index contributed by atoms with van der Waals surface area (Å²) in [7, 11) is 0. The Bertz CT molecular complexity index is 706. The van der Waals surface area contributed by atoms with Crippen LogP contribution < -0.4 is 0 Å². The van der Waals surface area contributed by atoms with Crippen molar-refractivity contribution >= 4 is 11.9 Å². The fourth-order valence-electron chi connectivity index (χ4n) is 3.34. The summed E-state index contributed by atoms with van der Waals surface area (Å²) in [5.74, 6) is -2.11. The molecule has 2 aliphatic rings. The van der Waals surface area contributed by atoms with Crippen LogP contribution in [0.25, 0.3) is 0 Å². The van der Waals surface area contributed by atoms with E-state index < -0.39 is 12.1 Å². The van der Waals surface area contributed by atoms with Crippen LogP contribution in [-0.4, -0.2) is 64.4 Å². The Morgan fingerprint density at radius 3 is 2.47 bits per heavy atom. The van der Waals surface area contributed by atoms with E-state index in [4.69, 9.17) is 19.4 Å². The standard InChI is InChI=1S/C18H26N2O3.C2HF3O2/c1-14(2)9-17(21)20-12-18(13-20)10-16(5-8-23-18)22-11-15-3-6-19-7-4-15;3-2(4,5)1(6)7/h3-4,6-7,14,16H,5,8-13H2,1-2H3;(H,6,7). The van der Waals surface area contributed by atoms with E-state index in [-0.39, 0.29) is 17.6 Å². The van der Waals surface area contributed by atoms with E-state index in [0.717, 1.165) is 18.4 Å². The second kappa shape index (κ2) is 10.2. The van der Waals surface area contributed by atoms with Gasteiger partial charge in [0, 0.05) is 31.8 Å². The lowest BCUT2D eigenvalue weighted by molar-refractivity contribution is -0.202. The Morgan fingerprint density at radius 2 is 1.93 bits per heavy atom. The maximum Gasteiger partial charge on any atom is 0.490 e. The molecule has 0 saturated carbocycles. The Morgan fingerprint density at radius 1 is 1.33 bits per heavy atom. The molecule has 7 nitrogen and oxygen atoms in total. The zero-order valence-corrected chi connectivity index (χ0v) is 17.0. The number of carbonyl (C=O) groups is 2. The molecule has 0 aromatic carbocycles. The summed E-state index contributed by atoms with van der Waals surface area (Å²) in [6.45, 7) is 6.91. The number of pyridine rings is 1. The molecule has 0 aliphatic carbocycles. The van der Waals surface area contributed by atoms with Gasteiger partial charge < -0.3 is 19.5 Å². The third-order valence-electron chi connectivity index (χ3n) is 4.82. The number of carboxylic acid groups (broad SMARTS) is 1. The minimum Gasteiger partial charge on any atom is -0.475 e. The lowest BCUT2D eigenvalue weighted by Crippen LogP contribution is -2.67. The van der Waals surface area contributed by atoms with Gasteiger partial charge in [0.05, 0.1) is 25.8 Å². The van der Waals surface area contributed by atoms with Crippen molar-refractivity contribution in [2.24, 2.45) is 5.92 Å². The summed E-state index contributed by atoms with van der Waals surface area (Å²) in [5, 5.41) is 7.12. The predicted molar refractivity (Wildman–Crippen MR) is 100 cm³/mol. The van der Waals surface area contributed by atoms with Gasteiger partial charge in [-0.2, -0.15) is 13.2 Å². The number of likely N-dealkylation sites (tertiary alicyclic amines) is 1. The Balaban J connectivity index is 0.000000396. The van der Waals surface area contributed by atoms with Crippen LogP contribution in [0.1, 0.15) is 38.7 Å². The molecule has 2 aliphatic heterocycles. The fraction of sp³-hybridized carbons (Fsp3) is 0.650. The van der Waals surface area contributed by atoms with Crippen LogP contribution >= 0.6 is 0 Å². The number of hydrogen-bond donors (Lipinski definition) is 1. The van der Waals surface area contributed by atoms with Gasteiger partial charge in [-0.1, -0.05) is 13.8 Å². The van der Waals surface area contributed by atoms with Crippen molar-refractivity contribution in [1.29, 1.82) is 0 Å². The monoisotopic (exact) mass is 432 g/mol. The number of rotatable bonds is 5. The average molecular weight is 432 g/mol. The van der Waals surface area contributed by atoms with Crippen LogP contribution in [-0.2, 0) is 25.7 Å². The second-order valence-corrected chi connectivity index (χ2v) is 7.96. The lowest BCUT2D eigenvalue weighted by Gasteiger charge is -2.53. The lowest BCUT2D eigenvalue weighted by atomic mass is 9.84. The quantitative estimate of drug-likeness (QED) is 0.770. The third-order valence-corrected chi connectivity index (χ3v) is 4.82. The maximum atomic E-state index is 12.1. The molecule has 2 saturated heterocycles. The zero-order valence-electron chi connectivity index (χ0n) is 17.0. The Hall–Kier alpha value is -2.20. The number of hydrogen-bond acceptors (Lipinski definition) is 5. The first-order valence-electron chi connectivity index (χ1n) is 9.73. The summed E-state index contributed by atoms with van der Waals surface area (Å²) in [6, 6.07) is 3.95. The molecule has 1 aromatic heterocycles. The van der Waals surface area contributed by atoms with Gasteiger partial charge in [0.25, 0.3) is 0 Å². The molecule has 3 rings (SSSR count). The van der Waals surface area contributed by atoms with Crippen molar-refractivity contribution in [2.75, 3.05) is 19.7 Å².